The van der Waals surface area contributed by atoms with Gasteiger partial charge in [-0.1, -0.05) is 13.8 Å². The molecule has 0 amide bonds. The third-order valence-corrected chi connectivity index (χ3v) is 10.2. The lowest BCUT2D eigenvalue weighted by atomic mass is 9.44. The SMILES string of the molecule is CC1(C)COC2(CC[C@]3(C)C4CC[C@@]5(C)C(CC[C@@H]5O)C4CC[C@H]3C2)N1[O]. The minimum absolute atomic E-state index is 0.0910. The molecule has 4 unspecified atom stereocenters. The highest BCUT2D eigenvalue weighted by molar-refractivity contribution is 5.11. The molecule has 1 heterocycles. The quantitative estimate of drug-likeness (QED) is 0.675. The van der Waals surface area contributed by atoms with Crippen LogP contribution in [0.25, 0.3) is 0 Å². The van der Waals surface area contributed by atoms with Crippen molar-refractivity contribution in [1.82, 2.24) is 5.06 Å². The zero-order chi connectivity index (χ0) is 19.2. The summed E-state index contributed by atoms with van der Waals surface area (Å²) in [6.45, 7) is 9.49. The van der Waals surface area contributed by atoms with E-state index < -0.39 is 11.3 Å². The molecule has 0 aromatic carbocycles. The number of ether oxygens (including phenoxy) is 1. The van der Waals surface area contributed by atoms with E-state index in [1.165, 1.54) is 37.2 Å². The number of fused-ring (bicyclic) bond motifs is 5. The van der Waals surface area contributed by atoms with E-state index in [4.69, 9.17) is 4.74 Å². The Morgan fingerprint density at radius 2 is 1.63 bits per heavy atom. The molecule has 1 N–H and O–H groups in total. The zero-order valence-electron chi connectivity index (χ0n) is 17.7. The van der Waals surface area contributed by atoms with Gasteiger partial charge in [0, 0.05) is 0 Å². The van der Waals surface area contributed by atoms with Crippen LogP contribution in [0, 0.1) is 34.5 Å². The lowest BCUT2D eigenvalue weighted by Gasteiger charge is -2.62. The molecule has 1 saturated heterocycles. The van der Waals surface area contributed by atoms with Gasteiger partial charge in [0.1, 0.15) is 5.72 Å². The molecule has 1 aliphatic heterocycles. The molecule has 5 fully saturated rings. The van der Waals surface area contributed by atoms with Crippen molar-refractivity contribution < 1.29 is 15.1 Å². The average Bonchev–Trinajstić information content (AvgIpc) is 3.05. The van der Waals surface area contributed by atoms with Gasteiger partial charge in [-0.15, -0.1) is 10.3 Å². The van der Waals surface area contributed by atoms with Crippen molar-refractivity contribution in [2.45, 2.75) is 103 Å². The van der Waals surface area contributed by atoms with E-state index in [2.05, 4.69) is 13.8 Å². The Morgan fingerprint density at radius 1 is 0.889 bits per heavy atom. The molecule has 4 heteroatoms. The summed E-state index contributed by atoms with van der Waals surface area (Å²) < 4.78 is 6.22. The highest BCUT2D eigenvalue weighted by Crippen LogP contribution is 2.67. The first kappa shape index (κ1) is 18.8. The first-order chi connectivity index (χ1) is 12.6. The van der Waals surface area contributed by atoms with Crippen molar-refractivity contribution in [2.24, 2.45) is 34.5 Å². The second kappa shape index (κ2) is 5.71. The first-order valence-corrected chi connectivity index (χ1v) is 11.4. The Morgan fingerprint density at radius 3 is 2.33 bits per heavy atom. The number of hydroxylamine groups is 2. The molecule has 5 aliphatic rings. The zero-order valence-corrected chi connectivity index (χ0v) is 17.7. The standard InChI is InChI=1S/C23H38NO3/c1-20(2)14-27-23(24(20)26)12-11-21(3)15(13-23)5-6-16-17-7-8-19(25)22(17,4)10-9-18(16)21/h15-19,25H,5-14H2,1-4H3/t15-,16?,17?,18?,19-,21-,22-,23?/m0/s1. The molecule has 153 valence electrons. The van der Waals surface area contributed by atoms with Crippen LogP contribution in [0.3, 0.4) is 0 Å². The fourth-order valence-corrected chi connectivity index (χ4v) is 8.48. The van der Waals surface area contributed by atoms with Crippen molar-refractivity contribution in [3.05, 3.63) is 0 Å². The number of hydrogen-bond acceptors (Lipinski definition) is 3. The van der Waals surface area contributed by atoms with Gasteiger partial charge in [0.15, 0.2) is 0 Å². The highest BCUT2D eigenvalue weighted by atomic mass is 16.6. The molecule has 4 aliphatic carbocycles. The van der Waals surface area contributed by atoms with Crippen molar-refractivity contribution >= 4 is 0 Å². The van der Waals surface area contributed by atoms with Gasteiger partial charge in [-0.05, 0) is 106 Å². The summed E-state index contributed by atoms with van der Waals surface area (Å²) in [7, 11) is 0. The molecular formula is C23H38NO3. The van der Waals surface area contributed by atoms with E-state index in [1.54, 1.807) is 0 Å². The fraction of sp³-hybridized carbons (Fsp3) is 1.00. The van der Waals surface area contributed by atoms with E-state index in [9.17, 15) is 10.3 Å². The second-order valence-electron chi connectivity index (χ2n) is 11.8. The summed E-state index contributed by atoms with van der Waals surface area (Å²) >= 11 is 0. The van der Waals surface area contributed by atoms with Crippen LogP contribution in [-0.4, -0.2) is 34.1 Å². The maximum absolute atomic E-state index is 13.1. The van der Waals surface area contributed by atoms with Crippen LogP contribution in [0.5, 0.6) is 0 Å². The fourth-order valence-electron chi connectivity index (χ4n) is 8.48. The third kappa shape index (κ3) is 2.36. The van der Waals surface area contributed by atoms with E-state index in [1.807, 2.05) is 13.8 Å². The molecule has 0 aromatic heterocycles. The van der Waals surface area contributed by atoms with E-state index in [0.717, 1.165) is 37.5 Å². The first-order valence-electron chi connectivity index (χ1n) is 11.4. The van der Waals surface area contributed by atoms with Gasteiger partial charge in [0.2, 0.25) is 0 Å². The molecule has 4 nitrogen and oxygen atoms in total. The molecule has 4 saturated carbocycles. The van der Waals surface area contributed by atoms with E-state index >= 15 is 0 Å². The van der Waals surface area contributed by atoms with Crippen molar-refractivity contribution in [2.75, 3.05) is 6.61 Å². The summed E-state index contributed by atoms with van der Waals surface area (Å²) in [4.78, 5) is 0. The summed E-state index contributed by atoms with van der Waals surface area (Å²) in [6.07, 6.45) is 10.0. The van der Waals surface area contributed by atoms with Gasteiger partial charge in [-0.3, -0.25) is 0 Å². The Hall–Kier alpha value is -0.160. The number of aliphatic hydroxyl groups is 1. The van der Waals surface area contributed by atoms with E-state index in [-0.39, 0.29) is 11.5 Å². The van der Waals surface area contributed by atoms with E-state index in [0.29, 0.717) is 23.9 Å². The second-order valence-corrected chi connectivity index (χ2v) is 11.8. The van der Waals surface area contributed by atoms with Crippen LogP contribution in [0.15, 0.2) is 0 Å². The molecular weight excluding hydrogens is 338 g/mol. The number of hydrogen-bond donors (Lipinski definition) is 1. The molecule has 0 aromatic rings. The topological polar surface area (TPSA) is 52.6 Å². The number of rotatable bonds is 0. The molecule has 1 radical (unpaired) electrons. The molecule has 8 atom stereocenters. The highest BCUT2D eigenvalue weighted by Gasteiger charge is 2.64. The lowest BCUT2D eigenvalue weighted by Crippen LogP contribution is -2.59. The van der Waals surface area contributed by atoms with Gasteiger partial charge >= 0.3 is 0 Å². The van der Waals surface area contributed by atoms with Crippen LogP contribution >= 0.6 is 0 Å². The Balaban J connectivity index is 1.40. The molecule has 0 bridgehead atoms. The third-order valence-electron chi connectivity index (χ3n) is 10.2. The van der Waals surface area contributed by atoms with Crippen LogP contribution in [0.2, 0.25) is 0 Å². The van der Waals surface area contributed by atoms with Gasteiger partial charge in [0.05, 0.1) is 18.2 Å². The Bertz CT molecular complexity index is 623. The Labute approximate surface area is 164 Å². The average molecular weight is 377 g/mol. The van der Waals surface area contributed by atoms with Crippen molar-refractivity contribution in [1.29, 1.82) is 0 Å². The van der Waals surface area contributed by atoms with Crippen LogP contribution in [0.4, 0.5) is 0 Å². The lowest BCUT2D eigenvalue weighted by molar-refractivity contribution is -0.315. The van der Waals surface area contributed by atoms with Gasteiger partial charge in [-0.25, -0.2) is 0 Å². The summed E-state index contributed by atoms with van der Waals surface area (Å²) in [5.41, 5.74) is -0.449. The number of aliphatic hydroxyl groups excluding tert-OH is 1. The molecule has 5 rings (SSSR count). The predicted molar refractivity (Wildman–Crippen MR) is 103 cm³/mol. The smallest absolute Gasteiger partial charge is 0.148 e. The summed E-state index contributed by atoms with van der Waals surface area (Å²) in [6, 6.07) is 0. The van der Waals surface area contributed by atoms with Crippen LogP contribution < -0.4 is 0 Å². The van der Waals surface area contributed by atoms with Crippen molar-refractivity contribution in [3.63, 3.8) is 0 Å². The van der Waals surface area contributed by atoms with Gasteiger partial charge < -0.3 is 9.84 Å². The minimum atomic E-state index is -0.562. The summed E-state index contributed by atoms with van der Waals surface area (Å²) in [5, 5.41) is 25.0. The van der Waals surface area contributed by atoms with Crippen LogP contribution in [-0.2, 0) is 9.94 Å². The monoisotopic (exact) mass is 376 g/mol. The maximum atomic E-state index is 13.1. The summed E-state index contributed by atoms with van der Waals surface area (Å²) in [5.74, 6) is 2.86. The minimum Gasteiger partial charge on any atom is -0.393 e. The normalized spacial score (nSPS) is 57.3. The Kier molecular flexibility index (Phi) is 3.99. The maximum Gasteiger partial charge on any atom is 0.148 e. The largest absolute Gasteiger partial charge is 0.393 e. The predicted octanol–water partition coefficient (Wildman–Crippen LogP) is 4.54. The molecule has 27 heavy (non-hydrogen) atoms. The van der Waals surface area contributed by atoms with Gasteiger partial charge in [0.25, 0.3) is 0 Å². The van der Waals surface area contributed by atoms with Gasteiger partial charge in [-0.2, -0.15) is 0 Å². The molecule has 1 spiro atoms. The number of nitrogens with zero attached hydrogens (tertiary/aromatic N) is 1. The van der Waals surface area contributed by atoms with Crippen LogP contribution in [0.1, 0.15) is 85.5 Å². The van der Waals surface area contributed by atoms with Crippen molar-refractivity contribution in [3.8, 4) is 0 Å².